The predicted octanol–water partition coefficient (Wildman–Crippen LogP) is 3.91. The van der Waals surface area contributed by atoms with E-state index in [0.29, 0.717) is 11.4 Å². The van der Waals surface area contributed by atoms with Crippen molar-refractivity contribution in [1.29, 1.82) is 0 Å². The maximum absolute atomic E-state index is 12.0. The summed E-state index contributed by atoms with van der Waals surface area (Å²) in [6, 6.07) is 17.3. The Kier molecular flexibility index (Phi) is 7.22. The number of carboxylic acid groups (broad SMARTS) is 1. The molecule has 2 aromatic carbocycles. The van der Waals surface area contributed by atoms with Gasteiger partial charge in [0.25, 0.3) is 5.91 Å². The molecule has 0 aliphatic rings. The molecule has 0 spiro atoms. The number of hydrogen-bond acceptors (Lipinski definition) is 5. The number of carboxylic acids is 1. The number of furan rings is 1. The van der Waals surface area contributed by atoms with E-state index < -0.39 is 17.2 Å². The van der Waals surface area contributed by atoms with Crippen molar-refractivity contribution in [2.45, 2.75) is 13.3 Å². The SMILES string of the molecule is CC(CC(=O)O)CN(c1ccc(-c2ccc(NC(=O)c3ccco3)cc2)cc1)S(=O)[O-]. The van der Waals surface area contributed by atoms with Crippen LogP contribution in [0.1, 0.15) is 23.9 Å². The first kappa shape index (κ1) is 22.3. The monoisotopic (exact) mass is 441 g/mol. The predicted molar refractivity (Wildman–Crippen MR) is 116 cm³/mol. The van der Waals surface area contributed by atoms with Crippen LogP contribution in [0.2, 0.25) is 0 Å². The number of carbonyl (C=O) groups excluding carboxylic acids is 1. The van der Waals surface area contributed by atoms with Crippen LogP contribution in [0.15, 0.2) is 71.3 Å². The third-order valence-corrected chi connectivity index (χ3v) is 5.28. The van der Waals surface area contributed by atoms with Crippen LogP contribution in [0, 0.1) is 5.92 Å². The lowest BCUT2D eigenvalue weighted by atomic mass is 10.0. The Balaban J connectivity index is 1.69. The van der Waals surface area contributed by atoms with Crippen LogP contribution in [0.5, 0.6) is 0 Å². The third-order valence-electron chi connectivity index (χ3n) is 4.56. The molecule has 0 radical (unpaired) electrons. The summed E-state index contributed by atoms with van der Waals surface area (Å²) in [5, 5.41) is 11.6. The van der Waals surface area contributed by atoms with Gasteiger partial charge in [0.1, 0.15) is 0 Å². The highest BCUT2D eigenvalue weighted by Gasteiger charge is 2.15. The number of aliphatic carboxylic acids is 1. The molecule has 3 aromatic rings. The molecule has 2 unspecified atom stereocenters. The van der Waals surface area contributed by atoms with Crippen LogP contribution >= 0.6 is 0 Å². The molecule has 0 aliphatic heterocycles. The number of benzene rings is 2. The Hall–Kier alpha value is -3.43. The second-order valence-electron chi connectivity index (χ2n) is 7.04. The molecule has 1 aromatic heterocycles. The highest BCUT2D eigenvalue weighted by molar-refractivity contribution is 7.80. The second-order valence-corrected chi connectivity index (χ2v) is 7.91. The van der Waals surface area contributed by atoms with E-state index in [1.165, 1.54) is 6.26 Å². The topological polar surface area (TPSA) is 123 Å². The molecule has 31 heavy (non-hydrogen) atoms. The van der Waals surface area contributed by atoms with Crippen LogP contribution in [0.4, 0.5) is 11.4 Å². The summed E-state index contributed by atoms with van der Waals surface area (Å²) in [6.45, 7) is 1.76. The Labute approximate surface area is 181 Å². The quantitative estimate of drug-likeness (QED) is 0.485. The van der Waals surface area contributed by atoms with Crippen LogP contribution in [-0.4, -0.2) is 32.3 Å². The lowest BCUT2D eigenvalue weighted by Crippen LogP contribution is -2.31. The van der Waals surface area contributed by atoms with Gasteiger partial charge in [-0.3, -0.25) is 13.8 Å². The maximum atomic E-state index is 12.0. The van der Waals surface area contributed by atoms with Gasteiger partial charge in [-0.15, -0.1) is 0 Å². The zero-order valence-corrected chi connectivity index (χ0v) is 17.5. The van der Waals surface area contributed by atoms with E-state index in [9.17, 15) is 18.4 Å². The van der Waals surface area contributed by atoms with Crippen LogP contribution in [0.3, 0.4) is 0 Å². The molecule has 0 saturated carbocycles. The van der Waals surface area contributed by atoms with Gasteiger partial charge in [0.05, 0.1) is 6.26 Å². The van der Waals surface area contributed by atoms with Crippen molar-refractivity contribution in [3.63, 3.8) is 0 Å². The highest BCUT2D eigenvalue weighted by atomic mass is 32.2. The van der Waals surface area contributed by atoms with E-state index in [1.54, 1.807) is 55.5 Å². The van der Waals surface area contributed by atoms with Crippen molar-refractivity contribution in [3.8, 4) is 11.1 Å². The van der Waals surface area contributed by atoms with Crippen molar-refractivity contribution >= 4 is 34.5 Å². The zero-order chi connectivity index (χ0) is 22.4. The van der Waals surface area contributed by atoms with Crippen molar-refractivity contribution in [2.75, 3.05) is 16.2 Å². The first-order chi connectivity index (χ1) is 14.8. The minimum Gasteiger partial charge on any atom is -0.755 e. The van der Waals surface area contributed by atoms with Crippen molar-refractivity contribution in [3.05, 3.63) is 72.7 Å². The minimum absolute atomic E-state index is 0.0752. The van der Waals surface area contributed by atoms with Gasteiger partial charge >= 0.3 is 5.97 Å². The van der Waals surface area contributed by atoms with Crippen LogP contribution in [-0.2, 0) is 16.1 Å². The fourth-order valence-corrected chi connectivity index (χ4v) is 3.73. The average Bonchev–Trinajstić information content (AvgIpc) is 3.27. The number of amides is 1. The molecule has 9 heteroatoms. The van der Waals surface area contributed by atoms with Crippen LogP contribution in [0.25, 0.3) is 11.1 Å². The number of anilines is 2. The lowest BCUT2D eigenvalue weighted by Gasteiger charge is -2.29. The first-order valence-corrected chi connectivity index (χ1v) is 10.5. The Bertz CT molecular complexity index is 1050. The van der Waals surface area contributed by atoms with E-state index in [-0.39, 0.29) is 30.6 Å². The van der Waals surface area contributed by atoms with Gasteiger partial charge in [-0.05, 0) is 53.4 Å². The first-order valence-electron chi connectivity index (χ1n) is 9.47. The average molecular weight is 441 g/mol. The third kappa shape index (κ3) is 6.03. The summed E-state index contributed by atoms with van der Waals surface area (Å²) in [6.07, 6.45) is 1.31. The van der Waals surface area contributed by atoms with Gasteiger partial charge in [-0.25, -0.2) is 0 Å². The van der Waals surface area contributed by atoms with Gasteiger partial charge in [0.2, 0.25) is 0 Å². The summed E-state index contributed by atoms with van der Waals surface area (Å²) in [7, 11) is 0. The Morgan fingerprint density at radius 1 is 1.10 bits per heavy atom. The molecule has 2 atom stereocenters. The summed E-state index contributed by atoms with van der Waals surface area (Å²) in [4.78, 5) is 22.9. The van der Waals surface area contributed by atoms with E-state index in [1.807, 2.05) is 12.1 Å². The summed E-state index contributed by atoms with van der Waals surface area (Å²) in [5.41, 5.74) is 2.82. The minimum atomic E-state index is -2.52. The number of hydrogen-bond donors (Lipinski definition) is 2. The van der Waals surface area contributed by atoms with Crippen molar-refractivity contribution in [1.82, 2.24) is 0 Å². The number of nitrogens with one attached hydrogen (secondary N) is 1. The van der Waals surface area contributed by atoms with Crippen LogP contribution < -0.4 is 9.62 Å². The zero-order valence-electron chi connectivity index (χ0n) is 16.7. The van der Waals surface area contributed by atoms with Crippen molar-refractivity contribution in [2.24, 2.45) is 5.92 Å². The van der Waals surface area contributed by atoms with E-state index >= 15 is 0 Å². The smallest absolute Gasteiger partial charge is 0.303 e. The van der Waals surface area contributed by atoms with Gasteiger partial charge in [-0.1, -0.05) is 31.2 Å². The molecule has 1 amide bonds. The fraction of sp³-hybridized carbons (Fsp3) is 0.182. The molecule has 0 aliphatic carbocycles. The van der Waals surface area contributed by atoms with Gasteiger partial charge in [-0.2, -0.15) is 0 Å². The summed E-state index contributed by atoms with van der Waals surface area (Å²) < 4.78 is 29.5. The maximum Gasteiger partial charge on any atom is 0.303 e. The molecule has 3 rings (SSSR count). The molecular formula is C22H21N2O6S-. The van der Waals surface area contributed by atoms with Gasteiger partial charge in [0.15, 0.2) is 5.76 Å². The normalized spacial score (nSPS) is 12.7. The van der Waals surface area contributed by atoms with Crippen molar-refractivity contribution < 1.29 is 27.9 Å². The van der Waals surface area contributed by atoms with E-state index in [2.05, 4.69) is 5.32 Å². The molecule has 2 N–H and O–H groups in total. The Morgan fingerprint density at radius 3 is 2.23 bits per heavy atom. The molecule has 1 heterocycles. The van der Waals surface area contributed by atoms with E-state index in [0.717, 1.165) is 15.4 Å². The molecule has 0 fully saturated rings. The molecule has 0 saturated heterocycles. The summed E-state index contributed by atoms with van der Waals surface area (Å²) in [5.74, 6) is -1.43. The second kappa shape index (κ2) is 10.1. The summed E-state index contributed by atoms with van der Waals surface area (Å²) >= 11 is -2.52. The van der Waals surface area contributed by atoms with Gasteiger partial charge in [0, 0.05) is 35.6 Å². The number of nitrogens with zero attached hydrogens (tertiary/aromatic N) is 1. The molecular weight excluding hydrogens is 420 g/mol. The number of rotatable bonds is 9. The highest BCUT2D eigenvalue weighted by Crippen LogP contribution is 2.26. The standard InChI is InChI=1S/C22H22N2O6S/c1-15(13-21(25)26)14-24(31(28)29)19-10-6-17(7-11-19)16-4-8-18(9-5-16)23-22(27)20-3-2-12-30-20/h2-12,15H,13-14H2,1H3,(H,23,27)(H,25,26)(H,28,29)/p-1. The lowest BCUT2D eigenvalue weighted by molar-refractivity contribution is -0.137. The molecule has 0 bridgehead atoms. The molecule has 8 nitrogen and oxygen atoms in total. The Morgan fingerprint density at radius 2 is 1.71 bits per heavy atom. The number of carbonyl (C=O) groups is 2. The largest absolute Gasteiger partial charge is 0.755 e. The van der Waals surface area contributed by atoms with E-state index in [4.69, 9.17) is 9.52 Å². The molecule has 162 valence electrons. The fourth-order valence-electron chi connectivity index (χ4n) is 3.06. The van der Waals surface area contributed by atoms with Gasteiger partial charge < -0.3 is 23.7 Å².